The molecule has 0 spiro atoms. The first-order valence-electron chi connectivity index (χ1n) is 6.12. The van der Waals surface area contributed by atoms with E-state index in [1.54, 1.807) is 18.4 Å². The summed E-state index contributed by atoms with van der Waals surface area (Å²) >= 11 is 11.6. The Hall–Kier alpha value is -1.19. The largest absolute Gasteiger partial charge is 0.469 e. The molecule has 0 saturated carbocycles. The number of aryl methyl sites for hydroxylation is 1. The zero-order valence-electron chi connectivity index (χ0n) is 10.1. The minimum Gasteiger partial charge on any atom is -0.469 e. The maximum atomic E-state index is 13.4. The highest BCUT2D eigenvalue weighted by molar-refractivity contribution is 6.35. The van der Waals surface area contributed by atoms with Crippen molar-refractivity contribution in [1.29, 1.82) is 0 Å². The van der Waals surface area contributed by atoms with Crippen LogP contribution in [0.5, 0.6) is 0 Å². The van der Waals surface area contributed by atoms with Gasteiger partial charge in [0.2, 0.25) is 0 Å². The smallest absolute Gasteiger partial charge is 0.160 e. The third kappa shape index (κ3) is 2.45. The Labute approximate surface area is 120 Å². The van der Waals surface area contributed by atoms with E-state index in [-0.39, 0.29) is 16.1 Å². The summed E-state index contributed by atoms with van der Waals surface area (Å²) < 4.78 is 18.8. The fourth-order valence-corrected chi connectivity index (χ4v) is 2.96. The molecular formula is C14H12Cl2FNO. The molecule has 1 unspecified atom stereocenters. The number of furan rings is 1. The molecule has 100 valence electrons. The maximum absolute atomic E-state index is 13.4. The van der Waals surface area contributed by atoms with Crippen molar-refractivity contribution >= 4 is 28.9 Å². The predicted molar refractivity (Wildman–Crippen MR) is 74.4 cm³/mol. The van der Waals surface area contributed by atoms with Crippen LogP contribution in [0.1, 0.15) is 30.2 Å². The summed E-state index contributed by atoms with van der Waals surface area (Å²) in [5.41, 5.74) is 1.87. The molecule has 5 heteroatoms. The van der Waals surface area contributed by atoms with Gasteiger partial charge in [-0.2, -0.15) is 0 Å². The van der Waals surface area contributed by atoms with E-state index in [4.69, 9.17) is 27.6 Å². The molecule has 3 rings (SSSR count). The molecule has 0 fully saturated rings. The van der Waals surface area contributed by atoms with Crippen LogP contribution >= 0.6 is 23.2 Å². The lowest BCUT2D eigenvalue weighted by atomic mass is 9.93. The van der Waals surface area contributed by atoms with Crippen molar-refractivity contribution in [3.05, 3.63) is 51.6 Å². The van der Waals surface area contributed by atoms with Crippen LogP contribution in [0.4, 0.5) is 10.1 Å². The fraction of sp³-hybridized carbons (Fsp3) is 0.286. The van der Waals surface area contributed by atoms with Crippen molar-refractivity contribution in [2.75, 3.05) is 5.32 Å². The van der Waals surface area contributed by atoms with Gasteiger partial charge < -0.3 is 9.73 Å². The zero-order valence-corrected chi connectivity index (χ0v) is 11.6. The second-order valence-corrected chi connectivity index (χ2v) is 5.46. The van der Waals surface area contributed by atoms with E-state index in [0.29, 0.717) is 0 Å². The number of rotatable bonds is 2. The molecule has 1 aromatic carbocycles. The molecule has 2 aromatic rings. The average Bonchev–Trinajstić information content (AvgIpc) is 2.85. The van der Waals surface area contributed by atoms with Crippen LogP contribution in [-0.2, 0) is 6.42 Å². The van der Waals surface area contributed by atoms with E-state index in [2.05, 4.69) is 5.32 Å². The van der Waals surface area contributed by atoms with Crippen LogP contribution in [0.3, 0.4) is 0 Å². The van der Waals surface area contributed by atoms with Gasteiger partial charge in [0.25, 0.3) is 0 Å². The molecule has 1 aromatic heterocycles. The third-order valence-electron chi connectivity index (χ3n) is 3.38. The van der Waals surface area contributed by atoms with Gasteiger partial charge in [-0.1, -0.05) is 23.2 Å². The van der Waals surface area contributed by atoms with Gasteiger partial charge in [0.1, 0.15) is 5.76 Å². The van der Waals surface area contributed by atoms with E-state index in [1.807, 2.05) is 6.07 Å². The van der Waals surface area contributed by atoms with Crippen LogP contribution in [0, 0.1) is 5.82 Å². The molecule has 0 amide bonds. The van der Waals surface area contributed by atoms with E-state index in [1.165, 1.54) is 0 Å². The summed E-state index contributed by atoms with van der Waals surface area (Å²) in [4.78, 5) is 0. The summed E-state index contributed by atoms with van der Waals surface area (Å²) in [5.74, 6) is 0.435. The summed E-state index contributed by atoms with van der Waals surface area (Å²) in [6, 6.07) is 5.23. The second kappa shape index (κ2) is 5.06. The Bertz CT molecular complexity index is 588. The molecule has 1 heterocycles. The van der Waals surface area contributed by atoms with Gasteiger partial charge in [0, 0.05) is 17.7 Å². The highest BCUT2D eigenvalue weighted by Gasteiger charge is 2.22. The van der Waals surface area contributed by atoms with E-state index >= 15 is 0 Å². The number of anilines is 1. The Morgan fingerprint density at radius 1 is 1.26 bits per heavy atom. The van der Waals surface area contributed by atoms with Crippen molar-refractivity contribution in [2.45, 2.75) is 25.3 Å². The van der Waals surface area contributed by atoms with Crippen molar-refractivity contribution < 1.29 is 8.81 Å². The minimum atomic E-state index is -0.582. The molecule has 1 N–H and O–H groups in total. The molecule has 0 bridgehead atoms. The van der Waals surface area contributed by atoms with Crippen molar-refractivity contribution in [1.82, 2.24) is 0 Å². The van der Waals surface area contributed by atoms with Crippen LogP contribution in [-0.4, -0.2) is 0 Å². The number of fused-ring (bicyclic) bond motifs is 1. The van der Waals surface area contributed by atoms with Crippen molar-refractivity contribution in [3.8, 4) is 0 Å². The van der Waals surface area contributed by atoms with Gasteiger partial charge in [0.05, 0.1) is 22.4 Å². The van der Waals surface area contributed by atoms with Gasteiger partial charge in [0.15, 0.2) is 5.82 Å². The topological polar surface area (TPSA) is 25.2 Å². The maximum Gasteiger partial charge on any atom is 0.160 e. The van der Waals surface area contributed by atoms with Gasteiger partial charge in [-0.05, 0) is 31.0 Å². The Kier molecular flexibility index (Phi) is 3.42. The van der Waals surface area contributed by atoms with E-state index in [9.17, 15) is 4.39 Å². The second-order valence-electron chi connectivity index (χ2n) is 4.64. The highest BCUT2D eigenvalue weighted by atomic mass is 35.5. The van der Waals surface area contributed by atoms with E-state index in [0.717, 1.165) is 36.3 Å². The fourth-order valence-electron chi connectivity index (χ4n) is 2.48. The van der Waals surface area contributed by atoms with Gasteiger partial charge in [-0.25, -0.2) is 4.39 Å². The molecule has 1 atom stereocenters. The van der Waals surface area contributed by atoms with Crippen molar-refractivity contribution in [2.24, 2.45) is 0 Å². The predicted octanol–water partition coefficient (Wildman–Crippen LogP) is 5.22. The summed E-state index contributed by atoms with van der Waals surface area (Å²) in [7, 11) is 0. The molecule has 1 aliphatic carbocycles. The van der Waals surface area contributed by atoms with Gasteiger partial charge in [-0.3, -0.25) is 0 Å². The van der Waals surface area contributed by atoms with Crippen LogP contribution in [0.25, 0.3) is 0 Å². The Morgan fingerprint density at radius 3 is 2.74 bits per heavy atom. The lowest BCUT2D eigenvalue weighted by Gasteiger charge is -2.24. The standard InChI is InChI=1S/C14H12Cl2FNO/c15-10-6-8(7-11(16)14(10)17)18-12-2-1-3-13-9(12)4-5-19-13/h4-7,12,18H,1-3H2. The molecule has 1 aliphatic rings. The molecule has 19 heavy (non-hydrogen) atoms. The number of halogens is 3. The van der Waals surface area contributed by atoms with Gasteiger partial charge >= 0.3 is 0 Å². The van der Waals surface area contributed by atoms with Crippen LogP contribution < -0.4 is 5.32 Å². The molecule has 0 radical (unpaired) electrons. The summed E-state index contributed by atoms with van der Waals surface area (Å²) in [5, 5.41) is 3.39. The lowest BCUT2D eigenvalue weighted by Crippen LogP contribution is -2.15. The Morgan fingerprint density at radius 2 is 2.00 bits per heavy atom. The van der Waals surface area contributed by atoms with E-state index < -0.39 is 5.82 Å². The summed E-state index contributed by atoms with van der Waals surface area (Å²) in [6.07, 6.45) is 4.72. The molecule has 0 aliphatic heterocycles. The normalized spacial score (nSPS) is 18.2. The quantitative estimate of drug-likeness (QED) is 0.770. The number of nitrogens with one attached hydrogen (secondary N) is 1. The number of benzene rings is 1. The first-order valence-corrected chi connectivity index (χ1v) is 6.88. The Balaban J connectivity index is 1.87. The first kappa shape index (κ1) is 12.8. The van der Waals surface area contributed by atoms with Crippen molar-refractivity contribution in [3.63, 3.8) is 0 Å². The highest BCUT2D eigenvalue weighted by Crippen LogP contribution is 2.35. The minimum absolute atomic E-state index is 0.0261. The molecule has 0 saturated heterocycles. The molecule has 2 nitrogen and oxygen atoms in total. The average molecular weight is 300 g/mol. The molecular weight excluding hydrogens is 288 g/mol. The lowest BCUT2D eigenvalue weighted by molar-refractivity contribution is 0.461. The number of hydrogen-bond acceptors (Lipinski definition) is 2. The van der Waals surface area contributed by atoms with Gasteiger partial charge in [-0.15, -0.1) is 0 Å². The summed E-state index contributed by atoms with van der Waals surface area (Å²) in [6.45, 7) is 0. The SMILES string of the molecule is Fc1c(Cl)cc(NC2CCCc3occc32)cc1Cl. The third-order valence-corrected chi connectivity index (χ3v) is 3.93. The van der Waals surface area contributed by atoms with Crippen LogP contribution in [0.2, 0.25) is 10.0 Å². The monoisotopic (exact) mass is 299 g/mol. The number of hydrogen-bond donors (Lipinski definition) is 1. The zero-order chi connectivity index (χ0) is 13.4. The van der Waals surface area contributed by atoms with Crippen LogP contribution in [0.15, 0.2) is 28.9 Å². The first-order chi connectivity index (χ1) is 9.15.